The van der Waals surface area contributed by atoms with Gasteiger partial charge in [-0.1, -0.05) is 13.8 Å². The highest BCUT2D eigenvalue weighted by atomic mass is 14.6. The summed E-state index contributed by atoms with van der Waals surface area (Å²) in [5.74, 6) is 2.66. The summed E-state index contributed by atoms with van der Waals surface area (Å²) in [6.45, 7) is 6.31. The Bertz CT molecular complexity index is 128. The Kier molecular flexibility index (Phi) is 3.46. The normalized spacial score (nSPS) is 14.3. The van der Waals surface area contributed by atoms with Crippen LogP contribution in [0.15, 0.2) is 0 Å². The maximum Gasteiger partial charge on any atom is 0.0138 e. The molecule has 58 valence electrons. The highest BCUT2D eigenvalue weighted by Crippen LogP contribution is 2.24. The lowest BCUT2D eigenvalue weighted by Gasteiger charge is -2.23. The standard InChI is InChI=1S/C9H17N/c1-5-6-9(3,4)7-8(2)10/h1,8H,6-7,10H2,2-4H3. The maximum absolute atomic E-state index is 5.64. The van der Waals surface area contributed by atoms with Crippen molar-refractivity contribution >= 4 is 0 Å². The third-order valence-corrected chi connectivity index (χ3v) is 1.46. The lowest BCUT2D eigenvalue weighted by atomic mass is 9.83. The third-order valence-electron chi connectivity index (χ3n) is 1.46. The molecule has 0 spiro atoms. The first-order valence-corrected chi connectivity index (χ1v) is 3.67. The minimum Gasteiger partial charge on any atom is -0.328 e. The van der Waals surface area contributed by atoms with Gasteiger partial charge in [0.05, 0.1) is 0 Å². The van der Waals surface area contributed by atoms with Crippen LogP contribution in [-0.2, 0) is 0 Å². The monoisotopic (exact) mass is 139 g/mol. The molecule has 2 N–H and O–H groups in total. The lowest BCUT2D eigenvalue weighted by Crippen LogP contribution is -2.24. The highest BCUT2D eigenvalue weighted by molar-refractivity contribution is 4.91. The van der Waals surface area contributed by atoms with Crippen molar-refractivity contribution in [1.29, 1.82) is 0 Å². The maximum atomic E-state index is 5.64. The molecular formula is C9H17N. The molecule has 0 aromatic rings. The number of hydrogen-bond donors (Lipinski definition) is 1. The fourth-order valence-electron chi connectivity index (χ4n) is 1.22. The summed E-state index contributed by atoms with van der Waals surface area (Å²) in [6, 6.07) is 0.253. The van der Waals surface area contributed by atoms with Crippen molar-refractivity contribution in [3.8, 4) is 12.3 Å². The highest BCUT2D eigenvalue weighted by Gasteiger charge is 2.17. The van der Waals surface area contributed by atoms with E-state index in [0.29, 0.717) is 0 Å². The van der Waals surface area contributed by atoms with Crippen molar-refractivity contribution < 1.29 is 0 Å². The fourth-order valence-corrected chi connectivity index (χ4v) is 1.22. The van der Waals surface area contributed by atoms with Crippen molar-refractivity contribution in [3.05, 3.63) is 0 Å². The molecule has 10 heavy (non-hydrogen) atoms. The van der Waals surface area contributed by atoms with E-state index in [-0.39, 0.29) is 11.5 Å². The van der Waals surface area contributed by atoms with Gasteiger partial charge in [-0.15, -0.1) is 12.3 Å². The molecule has 1 atom stereocenters. The first kappa shape index (κ1) is 9.52. The molecule has 0 saturated carbocycles. The second-order valence-electron chi connectivity index (χ2n) is 3.73. The fraction of sp³-hybridized carbons (Fsp3) is 0.778. The van der Waals surface area contributed by atoms with Crippen LogP contribution in [0, 0.1) is 17.8 Å². The van der Waals surface area contributed by atoms with Crippen LogP contribution in [0.4, 0.5) is 0 Å². The van der Waals surface area contributed by atoms with Gasteiger partial charge < -0.3 is 5.73 Å². The van der Waals surface area contributed by atoms with Gasteiger partial charge in [-0.2, -0.15) is 0 Å². The zero-order chi connectivity index (χ0) is 8.20. The molecule has 0 heterocycles. The molecule has 0 bridgehead atoms. The number of nitrogens with two attached hydrogens (primary N) is 1. The summed E-state index contributed by atoms with van der Waals surface area (Å²) >= 11 is 0. The molecule has 0 radical (unpaired) electrons. The van der Waals surface area contributed by atoms with Gasteiger partial charge >= 0.3 is 0 Å². The van der Waals surface area contributed by atoms with E-state index in [1.54, 1.807) is 0 Å². The molecule has 0 fully saturated rings. The van der Waals surface area contributed by atoms with Crippen LogP contribution in [-0.4, -0.2) is 6.04 Å². The van der Waals surface area contributed by atoms with Crippen LogP contribution in [0.1, 0.15) is 33.6 Å². The van der Waals surface area contributed by atoms with E-state index in [2.05, 4.69) is 19.8 Å². The molecule has 0 amide bonds. The summed E-state index contributed by atoms with van der Waals surface area (Å²) in [5, 5.41) is 0. The molecule has 1 heteroatoms. The number of hydrogen-bond acceptors (Lipinski definition) is 1. The molecule has 0 aromatic heterocycles. The van der Waals surface area contributed by atoms with Gasteiger partial charge in [0, 0.05) is 12.5 Å². The van der Waals surface area contributed by atoms with Crippen molar-refractivity contribution in [2.45, 2.75) is 39.7 Å². The molecule has 1 nitrogen and oxygen atoms in total. The third kappa shape index (κ3) is 4.40. The SMILES string of the molecule is C#CCC(C)(C)CC(C)N. The molecule has 0 rings (SSSR count). The molecular weight excluding hydrogens is 122 g/mol. The molecule has 0 aliphatic heterocycles. The van der Waals surface area contributed by atoms with Gasteiger partial charge in [-0.3, -0.25) is 0 Å². The van der Waals surface area contributed by atoms with Crippen LogP contribution < -0.4 is 5.73 Å². The summed E-state index contributed by atoms with van der Waals surface area (Å²) in [6.07, 6.45) is 7.01. The van der Waals surface area contributed by atoms with Crippen molar-refractivity contribution in [1.82, 2.24) is 0 Å². The second kappa shape index (κ2) is 3.63. The topological polar surface area (TPSA) is 26.0 Å². The van der Waals surface area contributed by atoms with E-state index in [4.69, 9.17) is 12.2 Å². The number of terminal acetylenes is 1. The number of rotatable bonds is 3. The van der Waals surface area contributed by atoms with Crippen molar-refractivity contribution in [2.24, 2.45) is 11.1 Å². The summed E-state index contributed by atoms with van der Waals surface area (Å²) < 4.78 is 0. The minimum atomic E-state index is 0.211. The van der Waals surface area contributed by atoms with E-state index < -0.39 is 0 Å². The van der Waals surface area contributed by atoms with E-state index in [0.717, 1.165) is 12.8 Å². The van der Waals surface area contributed by atoms with E-state index >= 15 is 0 Å². The smallest absolute Gasteiger partial charge is 0.0138 e. The van der Waals surface area contributed by atoms with Gasteiger partial charge in [-0.25, -0.2) is 0 Å². The quantitative estimate of drug-likeness (QED) is 0.592. The van der Waals surface area contributed by atoms with Gasteiger partial charge in [0.15, 0.2) is 0 Å². The van der Waals surface area contributed by atoms with Gasteiger partial charge in [0.25, 0.3) is 0 Å². The predicted molar refractivity (Wildman–Crippen MR) is 45.5 cm³/mol. The van der Waals surface area contributed by atoms with Crippen molar-refractivity contribution in [2.75, 3.05) is 0 Å². The molecule has 1 unspecified atom stereocenters. The molecule has 0 saturated heterocycles. The Morgan fingerprint density at radius 3 is 2.40 bits per heavy atom. The van der Waals surface area contributed by atoms with Crippen LogP contribution in [0.3, 0.4) is 0 Å². The van der Waals surface area contributed by atoms with Crippen LogP contribution >= 0.6 is 0 Å². The molecule has 0 aliphatic carbocycles. The van der Waals surface area contributed by atoms with Crippen molar-refractivity contribution in [3.63, 3.8) is 0 Å². The van der Waals surface area contributed by atoms with Crippen LogP contribution in [0.5, 0.6) is 0 Å². The lowest BCUT2D eigenvalue weighted by molar-refractivity contribution is 0.320. The molecule has 0 aromatic carbocycles. The first-order valence-electron chi connectivity index (χ1n) is 3.67. The summed E-state index contributed by atoms with van der Waals surface area (Å²) in [5.41, 5.74) is 5.85. The van der Waals surface area contributed by atoms with Crippen LogP contribution in [0.25, 0.3) is 0 Å². The van der Waals surface area contributed by atoms with Gasteiger partial charge in [-0.05, 0) is 18.8 Å². The zero-order valence-corrected chi connectivity index (χ0v) is 7.15. The summed E-state index contributed by atoms with van der Waals surface area (Å²) in [7, 11) is 0. The Hall–Kier alpha value is -0.480. The Morgan fingerprint density at radius 1 is 1.60 bits per heavy atom. The van der Waals surface area contributed by atoms with Gasteiger partial charge in [0.2, 0.25) is 0 Å². The van der Waals surface area contributed by atoms with E-state index in [1.165, 1.54) is 0 Å². The molecule has 0 aliphatic rings. The Balaban J connectivity index is 3.77. The minimum absolute atomic E-state index is 0.211. The Morgan fingerprint density at radius 2 is 2.10 bits per heavy atom. The van der Waals surface area contributed by atoms with Gasteiger partial charge in [0.1, 0.15) is 0 Å². The van der Waals surface area contributed by atoms with E-state index in [1.807, 2.05) is 6.92 Å². The zero-order valence-electron chi connectivity index (χ0n) is 7.15. The Labute approximate surface area is 64.0 Å². The first-order chi connectivity index (χ1) is 4.48. The van der Waals surface area contributed by atoms with Crippen LogP contribution in [0.2, 0.25) is 0 Å². The second-order valence-corrected chi connectivity index (χ2v) is 3.73. The summed E-state index contributed by atoms with van der Waals surface area (Å²) in [4.78, 5) is 0. The largest absolute Gasteiger partial charge is 0.328 e. The predicted octanol–water partition coefficient (Wildman–Crippen LogP) is 1.77. The van der Waals surface area contributed by atoms with E-state index in [9.17, 15) is 0 Å². The average molecular weight is 139 g/mol. The average Bonchev–Trinajstić information content (AvgIpc) is 1.59.